The number of nitrogens with one attached hydrogen (secondary N) is 6. The summed E-state index contributed by atoms with van der Waals surface area (Å²) in [4.78, 5) is 0. The van der Waals surface area contributed by atoms with Crippen LogP contribution in [0, 0.1) is 33.5 Å². The lowest BCUT2D eigenvalue weighted by Gasteiger charge is -2.27. The van der Waals surface area contributed by atoms with Crippen LogP contribution >= 0.6 is 0 Å². The summed E-state index contributed by atoms with van der Waals surface area (Å²) in [6, 6.07) is 0. The molecule has 0 aromatic carbocycles. The molecule has 0 rings (SSSR count). The maximum absolute atomic E-state index is 7.38. The average molecular weight is 543 g/mol. The van der Waals surface area contributed by atoms with E-state index in [4.69, 9.17) is 44.6 Å². The highest BCUT2D eigenvalue weighted by molar-refractivity contribution is 5.81. The van der Waals surface area contributed by atoms with E-state index in [0.29, 0.717) is 24.9 Å². The lowest BCUT2D eigenvalue weighted by molar-refractivity contribution is 0.280. The summed E-state index contributed by atoms with van der Waals surface area (Å²) < 4.78 is 0. The van der Waals surface area contributed by atoms with E-state index in [1.165, 1.54) is 48.5 Å². The van der Waals surface area contributed by atoms with Crippen molar-refractivity contribution in [3.8, 4) is 0 Å². The molecule has 0 aromatic rings. The van der Waals surface area contributed by atoms with Gasteiger partial charge in [0, 0.05) is 13.1 Å². The van der Waals surface area contributed by atoms with Gasteiger partial charge in [0.2, 0.25) is 23.8 Å². The Morgan fingerprint density at radius 1 is 0.553 bits per heavy atom. The van der Waals surface area contributed by atoms with Crippen LogP contribution in [0.25, 0.3) is 0 Å². The van der Waals surface area contributed by atoms with Crippen LogP contribution in [0.4, 0.5) is 0 Å². The molecule has 226 valence electrons. The molecule has 0 fully saturated rings. The van der Waals surface area contributed by atoms with Gasteiger partial charge in [-0.25, -0.2) is 0 Å². The van der Waals surface area contributed by atoms with Crippen LogP contribution in [-0.4, -0.2) is 46.9 Å². The zero-order chi connectivity index (χ0) is 29.9. The van der Waals surface area contributed by atoms with Gasteiger partial charge in [-0.1, -0.05) is 106 Å². The molecule has 0 aromatic heterocycles. The summed E-state index contributed by atoms with van der Waals surface area (Å²) in [6.45, 7) is 14.2. The highest BCUT2D eigenvalue weighted by atomic mass is 15.6. The SMILES string of the molecule is CCCCC(CC)CN(NC(=N)N)C(=N)N.CCCCC(CC)CN(NC(=N)N)C(=N)N.CCCCCC. The lowest BCUT2D eigenvalue weighted by Crippen LogP contribution is -2.53. The summed E-state index contributed by atoms with van der Waals surface area (Å²) in [7, 11) is 0. The Hall–Kier alpha value is -2.92. The highest BCUT2D eigenvalue weighted by Gasteiger charge is 2.15. The van der Waals surface area contributed by atoms with Gasteiger partial charge in [-0.3, -0.25) is 42.5 Å². The molecule has 2 unspecified atom stereocenters. The number of unbranched alkanes of at least 4 members (excludes halogenated alkanes) is 5. The van der Waals surface area contributed by atoms with Crippen LogP contribution in [0.5, 0.6) is 0 Å². The maximum atomic E-state index is 7.38. The Labute approximate surface area is 233 Å². The first-order chi connectivity index (χ1) is 17.9. The van der Waals surface area contributed by atoms with E-state index in [-0.39, 0.29) is 23.8 Å². The van der Waals surface area contributed by atoms with Crippen molar-refractivity contribution in [1.29, 1.82) is 21.6 Å². The molecular weight excluding hydrogens is 480 g/mol. The molecule has 38 heavy (non-hydrogen) atoms. The Morgan fingerprint density at radius 3 is 1.03 bits per heavy atom. The molecule has 2 atom stereocenters. The van der Waals surface area contributed by atoms with E-state index in [9.17, 15) is 0 Å². The first-order valence-corrected chi connectivity index (χ1v) is 14.4. The third kappa shape index (κ3) is 26.2. The smallest absolute Gasteiger partial charge is 0.207 e. The van der Waals surface area contributed by atoms with Crippen molar-refractivity contribution >= 4 is 23.8 Å². The predicted octanol–water partition coefficient (Wildman–Crippen LogP) is 4.18. The molecule has 0 aliphatic heterocycles. The van der Waals surface area contributed by atoms with Gasteiger partial charge < -0.3 is 22.9 Å². The third-order valence-corrected chi connectivity index (χ3v) is 6.02. The normalized spacial score (nSPS) is 11.4. The van der Waals surface area contributed by atoms with E-state index >= 15 is 0 Å². The van der Waals surface area contributed by atoms with E-state index in [0.717, 1.165) is 38.5 Å². The Morgan fingerprint density at radius 2 is 0.842 bits per heavy atom. The number of hydrogen-bond acceptors (Lipinski definition) is 4. The zero-order valence-electron chi connectivity index (χ0n) is 25.3. The number of guanidine groups is 4. The average Bonchev–Trinajstić information content (AvgIpc) is 2.86. The minimum Gasteiger partial charge on any atom is -0.369 e. The van der Waals surface area contributed by atoms with Gasteiger partial charge in [-0.05, 0) is 24.7 Å². The van der Waals surface area contributed by atoms with Gasteiger partial charge in [0.15, 0.2) is 0 Å². The first-order valence-electron chi connectivity index (χ1n) is 14.4. The van der Waals surface area contributed by atoms with Crippen LogP contribution < -0.4 is 33.8 Å². The van der Waals surface area contributed by atoms with Gasteiger partial charge >= 0.3 is 0 Å². The lowest BCUT2D eigenvalue weighted by atomic mass is 9.99. The number of hydrogen-bond donors (Lipinski definition) is 10. The van der Waals surface area contributed by atoms with Crippen LogP contribution in [0.3, 0.4) is 0 Å². The molecule has 12 heteroatoms. The number of hydrazine groups is 2. The summed E-state index contributed by atoms with van der Waals surface area (Å²) >= 11 is 0. The minimum absolute atomic E-state index is 0.106. The zero-order valence-corrected chi connectivity index (χ0v) is 25.3. The molecule has 0 heterocycles. The summed E-state index contributed by atoms with van der Waals surface area (Å²) in [5.74, 6) is 0.336. The van der Waals surface area contributed by atoms with Gasteiger partial charge in [0.25, 0.3) is 0 Å². The second-order valence-electron chi connectivity index (χ2n) is 9.58. The van der Waals surface area contributed by atoms with Gasteiger partial charge in [-0.2, -0.15) is 0 Å². The van der Waals surface area contributed by atoms with E-state index in [2.05, 4.69) is 52.4 Å². The maximum Gasteiger partial charge on any atom is 0.207 e. The van der Waals surface area contributed by atoms with Gasteiger partial charge in [0.1, 0.15) is 0 Å². The highest BCUT2D eigenvalue weighted by Crippen LogP contribution is 2.14. The summed E-state index contributed by atoms with van der Waals surface area (Å²) in [6.07, 6.45) is 14.5. The molecule has 12 nitrogen and oxygen atoms in total. The molecule has 0 aliphatic carbocycles. The monoisotopic (exact) mass is 543 g/mol. The van der Waals surface area contributed by atoms with Crippen molar-refractivity contribution in [3.05, 3.63) is 0 Å². The predicted molar refractivity (Wildman–Crippen MR) is 164 cm³/mol. The topological polar surface area (TPSA) is 230 Å². The first kappa shape index (κ1) is 39.6. The van der Waals surface area contributed by atoms with Crippen molar-refractivity contribution < 1.29 is 0 Å². The molecule has 0 radical (unpaired) electrons. The van der Waals surface area contributed by atoms with Crippen LogP contribution in [0.1, 0.15) is 119 Å². The van der Waals surface area contributed by atoms with Crippen molar-refractivity contribution in [1.82, 2.24) is 20.9 Å². The Bertz CT molecular complexity index is 559. The van der Waals surface area contributed by atoms with Crippen LogP contribution in [-0.2, 0) is 0 Å². The molecule has 14 N–H and O–H groups in total. The second kappa shape index (κ2) is 27.1. The van der Waals surface area contributed by atoms with Crippen molar-refractivity contribution in [2.24, 2.45) is 34.8 Å². The molecule has 0 saturated heterocycles. The summed E-state index contributed by atoms with van der Waals surface area (Å²) in [5, 5.41) is 31.9. The van der Waals surface area contributed by atoms with Crippen molar-refractivity contribution in [2.75, 3.05) is 13.1 Å². The molecule has 0 saturated carbocycles. The third-order valence-electron chi connectivity index (χ3n) is 6.02. The van der Waals surface area contributed by atoms with Crippen LogP contribution in [0.15, 0.2) is 0 Å². The quantitative estimate of drug-likeness (QED) is 0.0622. The van der Waals surface area contributed by atoms with E-state index in [1.54, 1.807) is 0 Å². The molecule has 0 aliphatic rings. The fraction of sp³-hybridized carbons (Fsp3) is 0.846. The standard InChI is InChI=1S/2C10H24N6.C6H14/c2*1-3-5-6-8(4-2)7-16(10(13)14)15-9(11)12;1-3-5-6-4-2/h2*8H,3-7H2,1-2H3,(H3,13,14)(H4,11,12,15);3-6H2,1-2H3. The van der Waals surface area contributed by atoms with Gasteiger partial charge in [0.05, 0.1) is 0 Å². The molecule has 0 spiro atoms. The van der Waals surface area contributed by atoms with Gasteiger partial charge in [-0.15, -0.1) is 0 Å². The van der Waals surface area contributed by atoms with Crippen molar-refractivity contribution in [2.45, 2.75) is 119 Å². The number of nitrogens with two attached hydrogens (primary N) is 4. The van der Waals surface area contributed by atoms with E-state index in [1.807, 2.05) is 0 Å². The fourth-order valence-corrected chi connectivity index (χ4v) is 3.55. The minimum atomic E-state index is -0.194. The Balaban J connectivity index is -0.000000532. The Kier molecular flexibility index (Phi) is 28.3. The summed E-state index contributed by atoms with van der Waals surface area (Å²) in [5.41, 5.74) is 26.4. The number of nitrogens with zero attached hydrogens (tertiary/aromatic N) is 2. The van der Waals surface area contributed by atoms with Crippen LogP contribution in [0.2, 0.25) is 0 Å². The van der Waals surface area contributed by atoms with Crippen molar-refractivity contribution in [3.63, 3.8) is 0 Å². The fourth-order valence-electron chi connectivity index (χ4n) is 3.55. The number of rotatable bonds is 15. The largest absolute Gasteiger partial charge is 0.369 e. The molecule has 0 amide bonds. The second-order valence-corrected chi connectivity index (χ2v) is 9.58. The molecular formula is C26H62N12. The molecule has 0 bridgehead atoms. The van der Waals surface area contributed by atoms with E-state index < -0.39 is 0 Å².